The van der Waals surface area contributed by atoms with Crippen molar-refractivity contribution in [2.75, 3.05) is 45.8 Å². The van der Waals surface area contributed by atoms with Crippen molar-refractivity contribution >= 4 is 49.5 Å². The number of nitrogens with zero attached hydrogens (tertiary/aromatic N) is 5. The molecule has 0 amide bonds. The number of halogens is 1. The number of methoxy groups -OCH3 is 2. The number of anilines is 1. The van der Waals surface area contributed by atoms with Gasteiger partial charge in [-0.05, 0) is 59.8 Å². The number of benzene rings is 1. The second-order valence-corrected chi connectivity index (χ2v) is 28.0. The molecule has 0 N–H and O–H groups in total. The van der Waals surface area contributed by atoms with Crippen molar-refractivity contribution < 1.29 is 23.7 Å². The number of carbonyl (C=O) groups excluding carboxylic acids is 1. The summed E-state index contributed by atoms with van der Waals surface area (Å²) in [6, 6.07) is 16.4. The molecule has 3 aromatic heterocycles. The van der Waals surface area contributed by atoms with Crippen LogP contribution in [0.4, 0.5) is 5.82 Å². The van der Waals surface area contributed by atoms with E-state index in [9.17, 15) is 4.79 Å². The number of aromatic nitrogens is 4. The van der Waals surface area contributed by atoms with Gasteiger partial charge in [-0.3, -0.25) is 4.98 Å². The number of fused-ring (bicyclic) bond motifs is 1. The van der Waals surface area contributed by atoms with Crippen LogP contribution in [0, 0.1) is 0 Å². The van der Waals surface area contributed by atoms with Crippen molar-refractivity contribution in [2.45, 2.75) is 88.6 Å². The van der Waals surface area contributed by atoms with Crippen LogP contribution in [0.15, 0.2) is 59.3 Å². The molecule has 1 saturated carbocycles. The van der Waals surface area contributed by atoms with E-state index in [-0.39, 0.29) is 11.9 Å². The summed E-state index contributed by atoms with van der Waals surface area (Å²) in [6.45, 7) is 16.2. The first kappa shape index (κ1) is 39.3. The minimum absolute atomic E-state index is 0.0693. The Morgan fingerprint density at radius 2 is 1.53 bits per heavy atom. The molecule has 5 rings (SSSR count). The predicted octanol–water partition coefficient (Wildman–Crippen LogP) is 8.87. The normalized spacial score (nSPS) is 18.3. The number of carbonyl (C=O) groups is 1. The molecule has 0 spiro atoms. The van der Waals surface area contributed by atoms with Crippen LogP contribution in [-0.2, 0) is 23.7 Å². The lowest BCUT2D eigenvalue weighted by molar-refractivity contribution is -0.170. The lowest BCUT2D eigenvalue weighted by atomic mass is 9.77. The predicted molar refractivity (Wildman–Crippen MR) is 213 cm³/mol. The van der Waals surface area contributed by atoms with Gasteiger partial charge in [0.05, 0.1) is 29.2 Å². The number of pyridine rings is 1. The van der Waals surface area contributed by atoms with E-state index in [4.69, 9.17) is 34.0 Å². The summed E-state index contributed by atoms with van der Waals surface area (Å²) in [5, 5.41) is 4.93. The van der Waals surface area contributed by atoms with Crippen molar-refractivity contribution in [1.29, 1.82) is 0 Å². The zero-order chi connectivity index (χ0) is 36.8. The maximum absolute atomic E-state index is 12.8. The van der Waals surface area contributed by atoms with E-state index in [1.807, 2.05) is 41.2 Å². The average Bonchev–Trinajstić information content (AvgIpc) is 3.53. The summed E-state index contributed by atoms with van der Waals surface area (Å²) >= 11 is 4.01. The zero-order valence-corrected chi connectivity index (χ0v) is 35.1. The quantitative estimate of drug-likeness (QED) is 0.0477. The molecule has 10 nitrogen and oxygen atoms in total. The zero-order valence-electron chi connectivity index (χ0n) is 31.5. The minimum Gasteiger partial charge on any atom is -0.467 e. The Balaban J connectivity index is 1.56. The summed E-state index contributed by atoms with van der Waals surface area (Å²) in [5.41, 5.74) is 4.46. The molecule has 0 atom stereocenters. The van der Waals surface area contributed by atoms with Gasteiger partial charge in [0, 0.05) is 65.3 Å². The lowest BCUT2D eigenvalue weighted by Gasteiger charge is -2.37. The summed E-state index contributed by atoms with van der Waals surface area (Å²) in [6.07, 6.45) is 6.25. The first-order valence-electron chi connectivity index (χ1n) is 17.9. The van der Waals surface area contributed by atoms with Crippen LogP contribution in [0.3, 0.4) is 0 Å². The van der Waals surface area contributed by atoms with Gasteiger partial charge in [-0.25, -0.2) is 9.78 Å². The maximum Gasteiger partial charge on any atom is 0.338 e. The van der Waals surface area contributed by atoms with Gasteiger partial charge in [0.25, 0.3) is 0 Å². The van der Waals surface area contributed by atoms with Crippen LogP contribution in [0.5, 0.6) is 0 Å². The Labute approximate surface area is 313 Å². The monoisotopic (exact) mass is 795 g/mol. The molecule has 13 heteroatoms. The number of ether oxygens (including phenoxy) is 4. The van der Waals surface area contributed by atoms with E-state index in [1.165, 1.54) is 7.11 Å². The maximum atomic E-state index is 12.8. The first-order chi connectivity index (χ1) is 24.2. The lowest BCUT2D eigenvalue weighted by Crippen LogP contribution is -2.44. The molecule has 0 radical (unpaired) electrons. The first-order valence-corrected chi connectivity index (χ1v) is 26.1. The largest absolute Gasteiger partial charge is 0.467 e. The molecule has 0 aliphatic heterocycles. The van der Waals surface area contributed by atoms with Gasteiger partial charge >= 0.3 is 5.97 Å². The van der Waals surface area contributed by atoms with Crippen LogP contribution < -0.4 is 4.90 Å². The summed E-state index contributed by atoms with van der Waals surface area (Å²) in [4.78, 5) is 25.0. The van der Waals surface area contributed by atoms with E-state index in [0.717, 1.165) is 56.1 Å². The molecule has 0 bridgehead atoms. The molecule has 1 fully saturated rings. The Morgan fingerprint density at radius 3 is 2.06 bits per heavy atom. The molecule has 3 heterocycles. The third kappa shape index (κ3) is 9.73. The molecule has 0 unspecified atom stereocenters. The molecule has 276 valence electrons. The number of hydrogen-bond donors (Lipinski definition) is 0. The fourth-order valence-corrected chi connectivity index (χ4v) is 8.70. The standard InChI is InChI=1S/C38H54BrN5O5Si2/c1-46-37(45)38(47-2)18-16-29(17-19-38)34-33(39)36(43(26-48-20-22-50(3,4)5)27-49-21-23-51(6,7)8)44-35(42-34)31(25-41-44)30-14-15-32(40-24-30)28-12-10-9-11-13-28/h9-15,24-25,29H,16-23,26-27H2,1-8H3/t29-,38+. The average molecular weight is 797 g/mol. The Hall–Kier alpha value is -2.95. The highest BCUT2D eigenvalue weighted by molar-refractivity contribution is 9.10. The van der Waals surface area contributed by atoms with Crippen molar-refractivity contribution in [2.24, 2.45) is 0 Å². The number of hydrogen-bond acceptors (Lipinski definition) is 9. The molecule has 1 aromatic carbocycles. The second-order valence-electron chi connectivity index (χ2n) is 15.9. The van der Waals surface area contributed by atoms with Crippen LogP contribution in [0.1, 0.15) is 37.3 Å². The van der Waals surface area contributed by atoms with Gasteiger partial charge in [0.15, 0.2) is 17.1 Å². The van der Waals surface area contributed by atoms with Gasteiger partial charge in [0.2, 0.25) is 0 Å². The van der Waals surface area contributed by atoms with Crippen LogP contribution in [-0.4, -0.2) is 88.2 Å². The van der Waals surface area contributed by atoms with E-state index >= 15 is 0 Å². The summed E-state index contributed by atoms with van der Waals surface area (Å²) in [5.74, 6) is 0.570. The highest BCUT2D eigenvalue weighted by Crippen LogP contribution is 2.44. The van der Waals surface area contributed by atoms with Crippen molar-refractivity contribution in [3.63, 3.8) is 0 Å². The van der Waals surface area contributed by atoms with E-state index in [1.54, 1.807) is 7.11 Å². The van der Waals surface area contributed by atoms with Gasteiger partial charge < -0.3 is 23.8 Å². The molecular formula is C38H54BrN5O5Si2. The SMILES string of the molecule is COC(=O)[C@]1(OC)CC[C@@H](c2nc3c(-c4ccc(-c5ccccc5)nc4)cnn3c(N(COCC[Si](C)(C)C)COCC[Si](C)(C)C)c2Br)CC1. The molecule has 51 heavy (non-hydrogen) atoms. The fourth-order valence-electron chi connectivity index (χ4n) is 6.36. The molecule has 0 saturated heterocycles. The third-order valence-electron chi connectivity index (χ3n) is 9.65. The van der Waals surface area contributed by atoms with Crippen LogP contribution >= 0.6 is 15.9 Å². The smallest absolute Gasteiger partial charge is 0.338 e. The molecule has 4 aromatic rings. The highest BCUT2D eigenvalue weighted by Gasteiger charge is 2.44. The fraction of sp³-hybridized carbons (Fsp3) is 0.526. The van der Waals surface area contributed by atoms with Crippen molar-refractivity contribution in [1.82, 2.24) is 19.6 Å². The third-order valence-corrected chi connectivity index (χ3v) is 13.8. The Bertz CT molecular complexity index is 1730. The number of esters is 1. The number of rotatable bonds is 16. The van der Waals surface area contributed by atoms with Gasteiger partial charge in [0.1, 0.15) is 13.5 Å². The van der Waals surface area contributed by atoms with Gasteiger partial charge in [-0.15, -0.1) is 0 Å². The highest BCUT2D eigenvalue weighted by atomic mass is 79.9. The second kappa shape index (κ2) is 16.8. The Kier molecular flexibility index (Phi) is 12.9. The van der Waals surface area contributed by atoms with Gasteiger partial charge in [-0.1, -0.05) is 75.7 Å². The molecular weight excluding hydrogens is 743 g/mol. The summed E-state index contributed by atoms with van der Waals surface area (Å²) < 4.78 is 26.4. The summed E-state index contributed by atoms with van der Waals surface area (Å²) in [7, 11) is 0.431. The molecule has 1 aliphatic rings. The van der Waals surface area contributed by atoms with Crippen LogP contribution in [0.2, 0.25) is 51.4 Å². The van der Waals surface area contributed by atoms with Crippen molar-refractivity contribution in [3.05, 3.63) is 65.0 Å². The molecule has 1 aliphatic carbocycles. The topological polar surface area (TPSA) is 100 Å². The minimum atomic E-state index is -1.29. The Morgan fingerprint density at radius 1 is 0.902 bits per heavy atom. The van der Waals surface area contributed by atoms with E-state index in [2.05, 4.69) is 78.3 Å². The van der Waals surface area contributed by atoms with Crippen molar-refractivity contribution in [3.8, 4) is 22.4 Å². The van der Waals surface area contributed by atoms with E-state index in [0.29, 0.717) is 52.4 Å². The van der Waals surface area contributed by atoms with Crippen LogP contribution in [0.25, 0.3) is 28.0 Å². The van der Waals surface area contributed by atoms with E-state index < -0.39 is 21.7 Å². The van der Waals surface area contributed by atoms with Gasteiger partial charge in [-0.2, -0.15) is 9.61 Å².